The van der Waals surface area contributed by atoms with E-state index in [0.29, 0.717) is 11.6 Å². The number of rotatable bonds is 6. The molecular weight excluding hydrogens is 392 g/mol. The van der Waals surface area contributed by atoms with E-state index in [1.54, 1.807) is 11.3 Å². The summed E-state index contributed by atoms with van der Waals surface area (Å²) < 4.78 is 0. The van der Waals surface area contributed by atoms with Crippen molar-refractivity contribution in [3.05, 3.63) is 65.5 Å². The average Bonchev–Trinajstić information content (AvgIpc) is 3.31. The summed E-state index contributed by atoms with van der Waals surface area (Å²) in [4.78, 5) is 16.4. The maximum Gasteiger partial charge on any atom is 0.255 e. The number of nitrogens with one attached hydrogen (secondary N) is 3. The molecule has 156 valence electrons. The summed E-state index contributed by atoms with van der Waals surface area (Å²) in [6.45, 7) is 2.24. The van der Waals surface area contributed by atoms with Gasteiger partial charge >= 0.3 is 0 Å². The molecule has 0 saturated carbocycles. The van der Waals surface area contributed by atoms with E-state index in [-0.39, 0.29) is 5.91 Å². The number of hydrogen-bond acceptors (Lipinski definition) is 5. The van der Waals surface area contributed by atoms with Gasteiger partial charge in [0, 0.05) is 29.2 Å². The number of carbonyl (C=O) groups is 1. The zero-order chi connectivity index (χ0) is 20.9. The van der Waals surface area contributed by atoms with Gasteiger partial charge in [-0.15, -0.1) is 11.3 Å². The van der Waals surface area contributed by atoms with Crippen molar-refractivity contribution >= 4 is 34.3 Å². The quantitative estimate of drug-likeness (QED) is 0.512. The topological polar surface area (TPSA) is 56.4 Å². The van der Waals surface area contributed by atoms with E-state index in [1.165, 1.54) is 4.88 Å². The van der Waals surface area contributed by atoms with Crippen LogP contribution in [0.5, 0.6) is 0 Å². The van der Waals surface area contributed by atoms with Gasteiger partial charge < -0.3 is 20.9 Å². The molecule has 3 N–H and O–H groups in total. The highest BCUT2D eigenvalue weighted by molar-refractivity contribution is 7.13. The molecule has 2 heterocycles. The minimum atomic E-state index is -0.110. The Kier molecular flexibility index (Phi) is 6.35. The molecule has 0 unspecified atom stereocenters. The number of carbonyl (C=O) groups excluding carboxylic acids is 1. The maximum atomic E-state index is 12.9. The Morgan fingerprint density at radius 2 is 1.80 bits per heavy atom. The van der Waals surface area contributed by atoms with Gasteiger partial charge in [0.1, 0.15) is 0 Å². The molecule has 0 atom stereocenters. The van der Waals surface area contributed by atoms with E-state index in [1.807, 2.05) is 49.5 Å². The Morgan fingerprint density at radius 1 is 1.03 bits per heavy atom. The zero-order valence-electron chi connectivity index (χ0n) is 17.4. The van der Waals surface area contributed by atoms with Crippen molar-refractivity contribution < 1.29 is 4.79 Å². The number of amides is 1. The SMILES string of the molecule is CNc1ccc(-c2cccs2)cc1NC(=O)c1ccc(NC2CCN(C)CC2)cc1. The summed E-state index contributed by atoms with van der Waals surface area (Å²) in [5.74, 6) is -0.110. The highest BCUT2D eigenvalue weighted by Crippen LogP contribution is 2.31. The molecule has 0 bridgehead atoms. The van der Waals surface area contributed by atoms with Crippen molar-refractivity contribution in [3.8, 4) is 10.4 Å². The van der Waals surface area contributed by atoms with E-state index >= 15 is 0 Å². The highest BCUT2D eigenvalue weighted by atomic mass is 32.1. The van der Waals surface area contributed by atoms with Crippen LogP contribution in [-0.4, -0.2) is 44.0 Å². The number of hydrogen-bond donors (Lipinski definition) is 3. The summed E-state index contributed by atoms with van der Waals surface area (Å²) in [5.41, 5.74) is 4.48. The fraction of sp³-hybridized carbons (Fsp3) is 0.292. The van der Waals surface area contributed by atoms with E-state index in [2.05, 4.69) is 45.4 Å². The zero-order valence-corrected chi connectivity index (χ0v) is 18.3. The standard InChI is InChI=1S/C24H28N4OS/c1-25-21-10-7-18(23-4-3-15-30-23)16-22(21)27-24(29)17-5-8-19(9-6-17)26-20-11-13-28(2)14-12-20/h3-10,15-16,20,25-26H,11-14H2,1-2H3,(H,27,29). The van der Waals surface area contributed by atoms with Gasteiger partial charge in [0.15, 0.2) is 0 Å². The van der Waals surface area contributed by atoms with Gasteiger partial charge in [-0.2, -0.15) is 0 Å². The molecular formula is C24H28N4OS. The molecule has 5 nitrogen and oxygen atoms in total. The van der Waals surface area contributed by atoms with Crippen LogP contribution in [0.15, 0.2) is 60.0 Å². The molecule has 1 amide bonds. The van der Waals surface area contributed by atoms with Crippen molar-refractivity contribution in [2.45, 2.75) is 18.9 Å². The lowest BCUT2D eigenvalue weighted by atomic mass is 10.0. The second-order valence-corrected chi connectivity index (χ2v) is 8.69. The fourth-order valence-corrected chi connectivity index (χ4v) is 4.49. The number of piperidine rings is 1. The first kappa shape index (κ1) is 20.4. The van der Waals surface area contributed by atoms with E-state index < -0.39 is 0 Å². The van der Waals surface area contributed by atoms with Crippen LogP contribution >= 0.6 is 11.3 Å². The molecule has 1 aliphatic heterocycles. The van der Waals surface area contributed by atoms with Crippen LogP contribution in [0.3, 0.4) is 0 Å². The number of anilines is 3. The molecule has 0 aliphatic carbocycles. The highest BCUT2D eigenvalue weighted by Gasteiger charge is 2.16. The maximum absolute atomic E-state index is 12.9. The van der Waals surface area contributed by atoms with E-state index in [4.69, 9.17) is 0 Å². The summed E-state index contributed by atoms with van der Waals surface area (Å²) in [7, 11) is 4.03. The van der Waals surface area contributed by atoms with E-state index in [9.17, 15) is 4.79 Å². The lowest BCUT2D eigenvalue weighted by Gasteiger charge is -2.30. The second-order valence-electron chi connectivity index (χ2n) is 7.74. The third kappa shape index (κ3) is 4.83. The minimum absolute atomic E-state index is 0.110. The van der Waals surface area contributed by atoms with Crippen LogP contribution in [0.1, 0.15) is 23.2 Å². The first-order chi connectivity index (χ1) is 14.6. The van der Waals surface area contributed by atoms with Gasteiger partial charge in [0.05, 0.1) is 11.4 Å². The Hall–Kier alpha value is -2.83. The van der Waals surface area contributed by atoms with Gasteiger partial charge in [0.25, 0.3) is 5.91 Å². The van der Waals surface area contributed by atoms with Crippen molar-refractivity contribution in [2.75, 3.05) is 43.1 Å². The van der Waals surface area contributed by atoms with Crippen molar-refractivity contribution in [1.29, 1.82) is 0 Å². The monoisotopic (exact) mass is 420 g/mol. The molecule has 6 heteroatoms. The van der Waals surface area contributed by atoms with Gasteiger partial charge in [-0.3, -0.25) is 4.79 Å². The largest absolute Gasteiger partial charge is 0.386 e. The molecule has 1 saturated heterocycles. The van der Waals surface area contributed by atoms with Gasteiger partial charge in [-0.25, -0.2) is 0 Å². The summed E-state index contributed by atoms with van der Waals surface area (Å²) >= 11 is 1.69. The number of likely N-dealkylation sites (tertiary alicyclic amines) is 1. The molecule has 4 rings (SSSR count). The second kappa shape index (κ2) is 9.32. The van der Waals surface area contributed by atoms with Crippen LogP contribution in [0, 0.1) is 0 Å². The first-order valence-electron chi connectivity index (χ1n) is 10.3. The van der Waals surface area contributed by atoms with Crippen molar-refractivity contribution in [3.63, 3.8) is 0 Å². The Labute approximate surface area is 182 Å². The molecule has 0 radical (unpaired) electrons. The number of benzene rings is 2. The molecule has 2 aromatic carbocycles. The van der Waals surface area contributed by atoms with Crippen LogP contribution in [-0.2, 0) is 0 Å². The fourth-order valence-electron chi connectivity index (χ4n) is 3.76. The lowest BCUT2D eigenvalue weighted by molar-refractivity contribution is 0.102. The Balaban J connectivity index is 1.44. The Morgan fingerprint density at radius 3 is 2.47 bits per heavy atom. The van der Waals surface area contributed by atoms with E-state index in [0.717, 1.165) is 48.6 Å². The third-order valence-electron chi connectivity index (χ3n) is 5.58. The van der Waals surface area contributed by atoms with Gasteiger partial charge in [0.2, 0.25) is 0 Å². The first-order valence-corrected chi connectivity index (χ1v) is 11.2. The smallest absolute Gasteiger partial charge is 0.255 e. The van der Waals surface area contributed by atoms with Crippen LogP contribution in [0.4, 0.5) is 17.1 Å². The summed E-state index contributed by atoms with van der Waals surface area (Å²) in [6, 6.07) is 18.5. The molecule has 1 aromatic heterocycles. The molecule has 1 fully saturated rings. The lowest BCUT2D eigenvalue weighted by Crippen LogP contribution is -2.36. The van der Waals surface area contributed by atoms with Gasteiger partial charge in [-0.05, 0) is 86.4 Å². The van der Waals surface area contributed by atoms with Crippen LogP contribution in [0.25, 0.3) is 10.4 Å². The predicted molar refractivity (Wildman–Crippen MR) is 128 cm³/mol. The predicted octanol–water partition coefficient (Wildman–Crippen LogP) is 5.22. The minimum Gasteiger partial charge on any atom is -0.386 e. The normalized spacial score (nSPS) is 15.0. The summed E-state index contributed by atoms with van der Waals surface area (Å²) in [5, 5.41) is 11.9. The molecule has 30 heavy (non-hydrogen) atoms. The molecule has 3 aromatic rings. The average molecular weight is 421 g/mol. The van der Waals surface area contributed by atoms with Crippen LogP contribution in [0.2, 0.25) is 0 Å². The number of thiophene rings is 1. The third-order valence-corrected chi connectivity index (χ3v) is 6.50. The van der Waals surface area contributed by atoms with Crippen molar-refractivity contribution in [1.82, 2.24) is 4.90 Å². The van der Waals surface area contributed by atoms with Crippen molar-refractivity contribution in [2.24, 2.45) is 0 Å². The van der Waals surface area contributed by atoms with Crippen LogP contribution < -0.4 is 16.0 Å². The summed E-state index contributed by atoms with van der Waals surface area (Å²) in [6.07, 6.45) is 2.29. The number of nitrogens with zero attached hydrogens (tertiary/aromatic N) is 1. The molecule has 0 spiro atoms. The van der Waals surface area contributed by atoms with Gasteiger partial charge in [-0.1, -0.05) is 12.1 Å². The molecule has 1 aliphatic rings. The Bertz CT molecular complexity index is 977.